The zero-order valence-electron chi connectivity index (χ0n) is 18.7. The fraction of sp³-hybridized carbons (Fsp3) is 0.478. The van der Waals surface area contributed by atoms with E-state index in [1.54, 1.807) is 0 Å². The van der Waals surface area contributed by atoms with Crippen LogP contribution in [0.15, 0.2) is 36.4 Å². The van der Waals surface area contributed by atoms with E-state index >= 15 is 0 Å². The van der Waals surface area contributed by atoms with Crippen LogP contribution in [0, 0.1) is 0 Å². The molecule has 0 aliphatic carbocycles. The highest BCUT2D eigenvalue weighted by Gasteiger charge is 2.52. The van der Waals surface area contributed by atoms with Gasteiger partial charge in [-0.05, 0) is 35.4 Å². The predicted octanol–water partition coefficient (Wildman–Crippen LogP) is -1.96. The third kappa shape index (κ3) is 4.56. The number of aliphatic hydroxyl groups excluding tert-OH is 5. The quantitative estimate of drug-likeness (QED) is 0.190. The second-order valence-electron chi connectivity index (χ2n) is 8.80. The van der Waals surface area contributed by atoms with Gasteiger partial charge in [0.1, 0.15) is 42.2 Å². The van der Waals surface area contributed by atoms with Crippen molar-refractivity contribution >= 4 is 0 Å². The minimum atomic E-state index is -2.18. The highest BCUT2D eigenvalue weighted by Crippen LogP contribution is 2.45. The van der Waals surface area contributed by atoms with Crippen LogP contribution in [-0.2, 0) is 19.8 Å². The van der Waals surface area contributed by atoms with E-state index in [-0.39, 0.29) is 17.5 Å². The van der Waals surface area contributed by atoms with E-state index in [4.69, 9.17) is 14.2 Å². The Kier molecular flexibility index (Phi) is 7.30. The van der Waals surface area contributed by atoms with E-state index in [9.17, 15) is 51.1 Å². The molecule has 0 radical (unpaired) electrons. The van der Waals surface area contributed by atoms with Crippen LogP contribution in [-0.4, -0.2) is 107 Å². The topological polar surface area (TPSA) is 230 Å². The van der Waals surface area contributed by atoms with Crippen LogP contribution in [0.25, 0.3) is 0 Å². The SMILES string of the molecule is OCC1OC(OC2CC(C(O)(c3ccc(O)c(O)c3)c3ccc(O)c(O)c3)OC2O)C(O)C(O)C1O. The zero-order chi connectivity index (χ0) is 26.4. The van der Waals surface area contributed by atoms with Gasteiger partial charge in [0.15, 0.2) is 35.6 Å². The number of rotatable bonds is 6. The summed E-state index contributed by atoms with van der Waals surface area (Å²) >= 11 is 0. The van der Waals surface area contributed by atoms with Gasteiger partial charge in [-0.1, -0.05) is 12.1 Å². The van der Waals surface area contributed by atoms with Crippen LogP contribution in [0.4, 0.5) is 0 Å². The smallest absolute Gasteiger partial charge is 0.187 e. The Morgan fingerprint density at radius 3 is 1.83 bits per heavy atom. The van der Waals surface area contributed by atoms with Gasteiger partial charge in [0.2, 0.25) is 0 Å². The fourth-order valence-electron chi connectivity index (χ4n) is 4.44. The van der Waals surface area contributed by atoms with E-state index < -0.39 is 84.4 Å². The van der Waals surface area contributed by atoms with Crippen molar-refractivity contribution in [3.05, 3.63) is 47.5 Å². The highest BCUT2D eigenvalue weighted by molar-refractivity contribution is 5.50. The third-order valence-corrected chi connectivity index (χ3v) is 6.52. The lowest BCUT2D eigenvalue weighted by molar-refractivity contribution is -0.320. The lowest BCUT2D eigenvalue weighted by Crippen LogP contribution is -2.60. The van der Waals surface area contributed by atoms with Gasteiger partial charge >= 0.3 is 0 Å². The molecule has 2 aliphatic heterocycles. The van der Waals surface area contributed by atoms with Crippen LogP contribution in [0.3, 0.4) is 0 Å². The molecule has 0 spiro atoms. The summed E-state index contributed by atoms with van der Waals surface area (Å²) in [4.78, 5) is 0. The molecule has 8 unspecified atom stereocenters. The van der Waals surface area contributed by atoms with E-state index in [0.29, 0.717) is 0 Å². The van der Waals surface area contributed by atoms with Crippen molar-refractivity contribution < 1.29 is 65.3 Å². The standard InChI is InChI=1S/C23H28O13/c24-8-16-18(29)19(30)20(31)22(35-16)34-15-7-17(36-21(15)32)23(33,9-1-3-11(25)13(27)5-9)10-2-4-12(26)14(28)6-10/h1-6,15-22,24-33H,7-8H2. The summed E-state index contributed by atoms with van der Waals surface area (Å²) < 4.78 is 16.5. The molecule has 13 nitrogen and oxygen atoms in total. The number of hydrogen-bond acceptors (Lipinski definition) is 13. The third-order valence-electron chi connectivity index (χ3n) is 6.52. The Labute approximate surface area is 204 Å². The molecule has 2 heterocycles. The molecule has 0 saturated carbocycles. The van der Waals surface area contributed by atoms with Crippen molar-refractivity contribution in [1.29, 1.82) is 0 Å². The Morgan fingerprint density at radius 1 is 0.778 bits per heavy atom. The Bertz CT molecular complexity index is 1020. The Morgan fingerprint density at radius 2 is 1.33 bits per heavy atom. The number of ether oxygens (including phenoxy) is 3. The van der Waals surface area contributed by atoms with Gasteiger partial charge in [-0.3, -0.25) is 0 Å². The van der Waals surface area contributed by atoms with Gasteiger partial charge in [0.25, 0.3) is 0 Å². The largest absolute Gasteiger partial charge is 0.504 e. The first-order valence-corrected chi connectivity index (χ1v) is 11.0. The summed E-state index contributed by atoms with van der Waals surface area (Å²) in [7, 11) is 0. The number of benzene rings is 2. The summed E-state index contributed by atoms with van der Waals surface area (Å²) in [6, 6.07) is 6.90. The van der Waals surface area contributed by atoms with Gasteiger partial charge < -0.3 is 65.3 Å². The van der Waals surface area contributed by atoms with Crippen molar-refractivity contribution in [1.82, 2.24) is 0 Å². The lowest BCUT2D eigenvalue weighted by Gasteiger charge is -2.40. The predicted molar refractivity (Wildman–Crippen MR) is 117 cm³/mol. The van der Waals surface area contributed by atoms with Gasteiger partial charge in [-0.15, -0.1) is 0 Å². The maximum Gasteiger partial charge on any atom is 0.187 e. The second-order valence-corrected chi connectivity index (χ2v) is 8.80. The van der Waals surface area contributed by atoms with Crippen molar-refractivity contribution in [3.63, 3.8) is 0 Å². The summed E-state index contributed by atoms with van der Waals surface area (Å²) in [6.45, 7) is -0.689. The molecule has 0 amide bonds. The molecule has 8 atom stereocenters. The molecule has 10 N–H and O–H groups in total. The van der Waals surface area contributed by atoms with E-state index in [2.05, 4.69) is 0 Å². The molecule has 198 valence electrons. The van der Waals surface area contributed by atoms with E-state index in [1.165, 1.54) is 12.1 Å². The maximum atomic E-state index is 11.9. The summed E-state index contributed by atoms with van der Waals surface area (Å²) in [6.07, 6.45) is -12.4. The van der Waals surface area contributed by atoms with Crippen molar-refractivity contribution in [3.8, 4) is 23.0 Å². The highest BCUT2D eigenvalue weighted by atomic mass is 16.7. The Balaban J connectivity index is 1.65. The van der Waals surface area contributed by atoms with Crippen LogP contribution >= 0.6 is 0 Å². The number of phenols is 4. The zero-order valence-corrected chi connectivity index (χ0v) is 18.7. The second kappa shape index (κ2) is 9.97. The molecule has 2 aliphatic rings. The number of aromatic hydroxyl groups is 4. The summed E-state index contributed by atoms with van der Waals surface area (Å²) in [5, 5.41) is 101. The summed E-state index contributed by atoms with van der Waals surface area (Å²) in [5.74, 6) is -2.07. The van der Waals surface area contributed by atoms with E-state index in [0.717, 1.165) is 24.3 Å². The molecule has 2 saturated heterocycles. The molecule has 4 rings (SSSR count). The minimum Gasteiger partial charge on any atom is -0.504 e. The molecular weight excluding hydrogens is 484 g/mol. The average Bonchev–Trinajstić information content (AvgIpc) is 3.22. The first-order valence-electron chi connectivity index (χ1n) is 11.0. The monoisotopic (exact) mass is 512 g/mol. The molecule has 36 heavy (non-hydrogen) atoms. The minimum absolute atomic E-state index is 0.00594. The van der Waals surface area contributed by atoms with Crippen molar-refractivity contribution in [2.45, 2.75) is 61.2 Å². The fourth-order valence-corrected chi connectivity index (χ4v) is 4.44. The van der Waals surface area contributed by atoms with Gasteiger partial charge in [-0.25, -0.2) is 0 Å². The van der Waals surface area contributed by atoms with Crippen molar-refractivity contribution in [2.75, 3.05) is 6.61 Å². The molecular formula is C23H28O13. The molecule has 2 aromatic rings. The first kappa shape index (κ1) is 26.3. The average molecular weight is 512 g/mol. The van der Waals surface area contributed by atoms with Crippen LogP contribution in [0.5, 0.6) is 23.0 Å². The number of aliphatic hydroxyl groups is 6. The van der Waals surface area contributed by atoms with Gasteiger partial charge in [0, 0.05) is 6.42 Å². The molecule has 2 aromatic carbocycles. The lowest BCUT2D eigenvalue weighted by atomic mass is 9.80. The van der Waals surface area contributed by atoms with E-state index in [1.807, 2.05) is 0 Å². The van der Waals surface area contributed by atoms with Gasteiger partial charge in [-0.2, -0.15) is 0 Å². The van der Waals surface area contributed by atoms with Crippen LogP contribution in [0.1, 0.15) is 17.5 Å². The summed E-state index contributed by atoms with van der Waals surface area (Å²) in [5.41, 5.74) is -2.19. The van der Waals surface area contributed by atoms with Crippen LogP contribution in [0.2, 0.25) is 0 Å². The van der Waals surface area contributed by atoms with Crippen molar-refractivity contribution in [2.24, 2.45) is 0 Å². The Hall–Kier alpha value is -2.72. The maximum absolute atomic E-state index is 11.9. The first-order chi connectivity index (χ1) is 17.0. The number of phenolic OH excluding ortho intramolecular Hbond substituents is 4. The molecule has 13 heteroatoms. The number of hydrogen-bond donors (Lipinski definition) is 10. The normalized spacial score (nSPS) is 33.1. The van der Waals surface area contributed by atoms with Gasteiger partial charge in [0.05, 0.1) is 6.61 Å². The molecule has 2 fully saturated rings. The molecule has 0 aromatic heterocycles. The van der Waals surface area contributed by atoms with Crippen LogP contribution < -0.4 is 0 Å². The molecule has 0 bridgehead atoms.